The summed E-state index contributed by atoms with van der Waals surface area (Å²) in [5.74, 6) is -3.17. The van der Waals surface area contributed by atoms with E-state index in [1.165, 1.54) is 73.1 Å². The molecule has 330 valence electrons. The van der Waals surface area contributed by atoms with Crippen LogP contribution in [-0.4, -0.2) is 71.6 Å². The lowest BCUT2D eigenvalue weighted by atomic mass is 10.0. The number of carbonyl (C=O) groups excluding carboxylic acids is 3. The zero-order chi connectivity index (χ0) is 66.1. The summed E-state index contributed by atoms with van der Waals surface area (Å²) in [7, 11) is -8.97. The lowest BCUT2D eigenvalue weighted by molar-refractivity contribution is 0.0599. The minimum atomic E-state index is -3.06. The van der Waals surface area contributed by atoms with E-state index in [-0.39, 0.29) is 106 Å². The van der Waals surface area contributed by atoms with E-state index in [0.717, 1.165) is 21.3 Å². The number of carbonyl (C=O) groups is 4. The Balaban J connectivity index is 0.000000252. The van der Waals surface area contributed by atoms with Gasteiger partial charge in [-0.1, -0.05) is 12.1 Å². The second-order valence-electron chi connectivity index (χ2n) is 13.8. The molecule has 0 unspecified atom stereocenters. The van der Waals surface area contributed by atoms with Crippen LogP contribution in [0.5, 0.6) is 11.5 Å². The molecule has 2 aromatic heterocycles. The predicted octanol–water partition coefficient (Wildman–Crippen LogP) is 10.0. The van der Waals surface area contributed by atoms with E-state index in [9.17, 15) is 24.3 Å². The van der Waals surface area contributed by atoms with E-state index < -0.39 is 96.8 Å². The molecule has 0 aliphatic heterocycles. The number of fused-ring (bicyclic) bond motifs is 2. The second-order valence-corrected chi connectivity index (χ2v) is 13.8. The van der Waals surface area contributed by atoms with Crippen molar-refractivity contribution in [1.29, 1.82) is 0 Å². The molecule has 2 saturated carbocycles. The molecule has 4 aromatic carbocycles. The number of carboxylic acids is 1. The molecule has 2 fully saturated rings. The van der Waals surface area contributed by atoms with Gasteiger partial charge in [-0.05, 0) is 134 Å². The molecule has 0 spiro atoms. The highest BCUT2D eigenvalue weighted by Gasteiger charge is 2.22. The van der Waals surface area contributed by atoms with Crippen molar-refractivity contribution in [3.05, 3.63) is 119 Å². The third-order valence-corrected chi connectivity index (χ3v) is 9.74. The third kappa shape index (κ3) is 10.6. The van der Waals surface area contributed by atoms with Crippen LogP contribution in [0.25, 0.3) is 21.8 Å². The number of nitrogens with zero attached hydrogens (tertiary/aromatic N) is 2. The van der Waals surface area contributed by atoms with E-state index in [2.05, 4.69) is 15.4 Å². The van der Waals surface area contributed by atoms with Crippen molar-refractivity contribution in [2.45, 2.75) is 76.2 Å². The first-order valence-electron chi connectivity index (χ1n) is 31.4. The van der Waals surface area contributed by atoms with Crippen molar-refractivity contribution in [3.8, 4) is 11.5 Å². The average Bonchev–Trinajstić information content (AvgIpc) is 2.11. The van der Waals surface area contributed by atoms with Crippen LogP contribution < -0.4 is 20.1 Å². The number of esters is 1. The van der Waals surface area contributed by atoms with Crippen LogP contribution in [0, 0.1) is 0 Å². The van der Waals surface area contributed by atoms with Gasteiger partial charge in [0.05, 0.1) is 47.3 Å². The summed E-state index contributed by atoms with van der Waals surface area (Å²) in [5.41, 5.74) is 0.940. The van der Waals surface area contributed by atoms with Crippen molar-refractivity contribution >= 4 is 57.3 Å². The summed E-state index contributed by atoms with van der Waals surface area (Å²) in [5, 5.41) is 14.5. The summed E-state index contributed by atoms with van der Waals surface area (Å²) < 4.78 is 221. The number of anilines is 2. The highest BCUT2D eigenvalue weighted by Crippen LogP contribution is 2.32. The van der Waals surface area contributed by atoms with Gasteiger partial charge in [0.2, 0.25) is 0 Å². The van der Waals surface area contributed by atoms with E-state index in [0.29, 0.717) is 10.9 Å². The van der Waals surface area contributed by atoms with E-state index in [1.54, 1.807) is 0 Å². The summed E-state index contributed by atoms with van der Waals surface area (Å²) in [6, 6.07) is 15.2. The van der Waals surface area contributed by atoms with E-state index in [4.69, 9.17) is 53.2 Å². The Labute approximate surface area is 401 Å². The lowest BCUT2D eigenvalue weighted by Crippen LogP contribution is -2.20. The van der Waals surface area contributed by atoms with Crippen LogP contribution in [0.4, 0.5) is 21.0 Å². The molecule has 2 aliphatic rings. The van der Waals surface area contributed by atoms with E-state index >= 15 is 0 Å². The van der Waals surface area contributed by atoms with Gasteiger partial charge in [-0.3, -0.25) is 10.6 Å². The molecule has 2 amide bonds. The number of aryl methyl sites for hydroxylation is 2. The predicted molar refractivity (Wildman–Crippen MR) is 240 cm³/mol. The number of methoxy groups -OCH3 is 3. The van der Waals surface area contributed by atoms with Gasteiger partial charge in [0.15, 0.2) is 0 Å². The first-order chi connectivity index (χ1) is 40.0. The molecular weight excluding hydrogens is 805 g/mol. The molecule has 0 bridgehead atoms. The monoisotopic (exact) mass is 884 g/mol. The number of hydrogen-bond acceptors (Lipinski definition) is 9. The number of aromatic nitrogens is 2. The first-order valence-corrected chi connectivity index (χ1v) is 18.9. The highest BCUT2D eigenvalue weighted by atomic mass is 16.6. The topological polar surface area (TPSA) is 169 Å². The van der Waals surface area contributed by atoms with Gasteiger partial charge in [0, 0.05) is 91.6 Å². The number of amides is 2. The maximum Gasteiger partial charge on any atom is 0.411 e. The van der Waals surface area contributed by atoms with Crippen LogP contribution >= 0.6 is 0 Å². The Hall–Kier alpha value is -6.96. The van der Waals surface area contributed by atoms with Gasteiger partial charge in [-0.2, -0.15) is 0 Å². The Morgan fingerprint density at radius 1 is 0.651 bits per heavy atom. The zero-order valence-electron chi connectivity index (χ0n) is 57.8. The number of ether oxygens (including phenoxy) is 5. The average molecular weight is 884 g/mol. The fraction of sp³-hybridized carbons (Fsp3) is 0.347. The number of aromatic carboxylic acids is 1. The van der Waals surface area contributed by atoms with Gasteiger partial charge in [0.1, 0.15) is 23.7 Å². The summed E-state index contributed by atoms with van der Waals surface area (Å²) in [6.07, 6.45) is -17.2. The molecule has 14 heteroatoms. The van der Waals surface area contributed by atoms with Crippen molar-refractivity contribution in [3.63, 3.8) is 0 Å². The second kappa shape index (κ2) is 19.8. The van der Waals surface area contributed by atoms with Crippen molar-refractivity contribution in [2.24, 2.45) is 14.0 Å². The normalized spacial score (nSPS) is 25.0. The molecule has 6 aromatic rings. The Bertz CT molecular complexity index is 3650. The van der Waals surface area contributed by atoms with Gasteiger partial charge >= 0.3 is 24.1 Å². The fourth-order valence-corrected chi connectivity index (χ4v) is 6.80. The van der Waals surface area contributed by atoms with Crippen molar-refractivity contribution < 1.29 is 82.2 Å². The molecule has 0 radical (unpaired) electrons. The van der Waals surface area contributed by atoms with Gasteiger partial charge in [-0.15, -0.1) is 0 Å². The zero-order valence-corrected chi connectivity index (χ0v) is 32.8. The lowest BCUT2D eigenvalue weighted by Gasteiger charge is -2.12. The van der Waals surface area contributed by atoms with Crippen LogP contribution in [0.3, 0.4) is 0 Å². The largest absolute Gasteiger partial charge is 0.496 e. The quantitative estimate of drug-likeness (QED) is 0.0795. The van der Waals surface area contributed by atoms with Crippen molar-refractivity contribution in [2.75, 3.05) is 31.7 Å². The van der Waals surface area contributed by atoms with Crippen LogP contribution in [0.15, 0.2) is 85.2 Å². The summed E-state index contributed by atoms with van der Waals surface area (Å²) in [6.45, 7) is -5.31. The molecule has 3 N–H and O–H groups in total. The maximum absolute atomic E-state index is 12.8. The molecule has 14 nitrogen and oxygen atoms in total. The maximum atomic E-state index is 12.8. The van der Waals surface area contributed by atoms with Gasteiger partial charge in [0.25, 0.3) is 0 Å². The van der Waals surface area contributed by atoms with Crippen molar-refractivity contribution in [1.82, 2.24) is 9.13 Å². The number of nitrogens with one attached hydrogen (secondary N) is 2. The first kappa shape index (κ1) is 22.4. The molecular formula is C49H54N4O10. The molecule has 2 heterocycles. The van der Waals surface area contributed by atoms with Crippen LogP contribution in [0.1, 0.15) is 128 Å². The SMILES string of the molecule is [2H]C([2H])([2H])OC(=O)c1ccc(Cc2cn(C([2H])([2H])[2H])c3ccc(NC(=O)OC4([2H])C([2H])([2H])CCC4([2H])[2H])cc23)c(OC([2H])([2H])[2H])c1.[2H]C([2H])([2H])Oc1cc(C(=O)O)ccc1Cc1cn(C([2H])([2H])[2H])c2ccc(NC(=O)OC3([2H])C([2H])([2H])CCC3([2H])[2H])cc12. The van der Waals surface area contributed by atoms with Crippen LogP contribution in [-0.2, 0) is 41.0 Å². The minimum Gasteiger partial charge on any atom is -0.496 e. The number of hydrogen-bond donors (Lipinski definition) is 3. The minimum absolute atomic E-state index is 0.0199. The number of benzene rings is 4. The summed E-state index contributed by atoms with van der Waals surface area (Å²) >= 11 is 0. The Morgan fingerprint density at radius 3 is 1.57 bits per heavy atom. The van der Waals surface area contributed by atoms with Gasteiger partial charge < -0.3 is 37.9 Å². The highest BCUT2D eigenvalue weighted by molar-refractivity contribution is 5.94. The number of rotatable bonds is 12. The molecule has 8 rings (SSSR count). The van der Waals surface area contributed by atoms with Crippen LogP contribution in [0.2, 0.25) is 0 Å². The third-order valence-electron chi connectivity index (χ3n) is 9.74. The Kier molecular flexibility index (Phi) is 7.05. The Morgan fingerprint density at radius 2 is 1.13 bits per heavy atom. The molecule has 0 saturated heterocycles. The smallest absolute Gasteiger partial charge is 0.411 e. The standard InChI is InChI=1S/C25H28N2O5.C24H26N2O5/c1-27-15-18(12-16-8-9-17(24(28)31-3)13-23(16)30-2)21-14-19(10-11-22(21)27)26-25(29)32-20-6-4-5-7-20;1-26-14-17(11-15-7-8-16(23(27)28)12-22(15)30-2)20-13-18(9-10-21(20)26)25-24(29)31-19-5-3-4-6-19/h8-11,13-15,20H,4-7,12H2,1-3H3,(H,26,29);7-10,12-14,19H,3-6,11H2,1-2H3,(H,25,29)(H,27,28)/i1D3,2D3,3D3,6D2,7D2,20D;1D3,2D3,5D2,6D2,19D. The number of carboxylic acid groups (broad SMARTS) is 1. The van der Waals surface area contributed by atoms with E-state index in [1.807, 2.05) is 0 Å². The summed E-state index contributed by atoms with van der Waals surface area (Å²) in [4.78, 5) is 49.2. The fourth-order valence-electron chi connectivity index (χ4n) is 6.80. The molecule has 63 heavy (non-hydrogen) atoms. The van der Waals surface area contributed by atoms with Gasteiger partial charge in [-0.25, -0.2) is 19.2 Å². The molecule has 2 aliphatic carbocycles. The molecule has 0 atom stereocenters.